The number of halogens is 3. The van der Waals surface area contributed by atoms with Gasteiger partial charge in [-0.25, -0.2) is 18.7 Å². The Hall–Kier alpha value is -2.08. The summed E-state index contributed by atoms with van der Waals surface area (Å²) in [6, 6.07) is 2.87. The van der Waals surface area contributed by atoms with Gasteiger partial charge in [-0.15, -0.1) is 0 Å². The van der Waals surface area contributed by atoms with Crippen molar-refractivity contribution in [1.82, 2.24) is 14.9 Å². The minimum absolute atomic E-state index is 0.00849. The van der Waals surface area contributed by atoms with Crippen molar-refractivity contribution in [3.63, 3.8) is 0 Å². The molecule has 150 valence electrons. The fraction of sp³-hybridized carbons (Fsp3) is 0.476. The second-order valence-electron chi connectivity index (χ2n) is 5.88. The number of likely N-dealkylation sites (tertiary alicyclic amines) is 1. The highest BCUT2D eigenvalue weighted by Crippen LogP contribution is 2.32. The highest BCUT2D eigenvalue weighted by atomic mass is 35.5. The van der Waals surface area contributed by atoms with Crippen LogP contribution in [-0.2, 0) is 12.7 Å². The fourth-order valence-corrected chi connectivity index (χ4v) is 2.58. The van der Waals surface area contributed by atoms with E-state index in [9.17, 15) is 9.18 Å². The van der Waals surface area contributed by atoms with Crippen LogP contribution in [-0.4, -0.2) is 39.5 Å². The third-order valence-electron chi connectivity index (χ3n) is 4.00. The average Bonchev–Trinajstić information content (AvgIpc) is 2.76. The number of hydrogen-bond acceptors (Lipinski definition) is 3. The van der Waals surface area contributed by atoms with Crippen LogP contribution < -0.4 is 0 Å². The molecule has 0 saturated carbocycles. The lowest BCUT2D eigenvalue weighted by molar-refractivity contribution is 0.0389. The predicted molar refractivity (Wildman–Crippen MR) is 105 cm³/mol. The number of nitrogens with zero attached hydrogens (tertiary/aromatic N) is 3. The summed E-state index contributed by atoms with van der Waals surface area (Å²) in [4.78, 5) is 21.0. The van der Waals surface area contributed by atoms with E-state index in [1.54, 1.807) is 0 Å². The highest BCUT2D eigenvalue weighted by molar-refractivity contribution is 6.31. The first-order valence-electron chi connectivity index (χ1n) is 13.3. The number of rotatable bonds is 6. The van der Waals surface area contributed by atoms with E-state index in [1.165, 1.54) is 6.92 Å². The Bertz CT molecular complexity index is 1210. The van der Waals surface area contributed by atoms with Crippen molar-refractivity contribution in [3.05, 3.63) is 58.4 Å². The van der Waals surface area contributed by atoms with Crippen molar-refractivity contribution in [1.29, 1.82) is 0 Å². The van der Waals surface area contributed by atoms with Gasteiger partial charge in [0.2, 0.25) is 0 Å². The van der Waals surface area contributed by atoms with Crippen molar-refractivity contribution in [2.75, 3.05) is 13.1 Å². The van der Waals surface area contributed by atoms with Crippen LogP contribution in [0, 0.1) is 5.82 Å². The maximum Gasteiger partial charge on any atom is 0.253 e. The molecule has 2 heterocycles. The molecular weight excluding hydrogens is 384 g/mol. The molecule has 0 atom stereocenters. The van der Waals surface area contributed by atoms with Crippen LogP contribution in [0.5, 0.6) is 0 Å². The molecule has 1 aromatic carbocycles. The zero-order chi connectivity index (χ0) is 29.1. The summed E-state index contributed by atoms with van der Waals surface area (Å²) >= 11 is 5.69. The SMILES string of the molecule is [2H]C([2H])(C)c1cnc(C([2H])([2H])CC([2H])([2H])C2(F)C([2H])([2H])CN(C(=O)c3ccc(F)c(Cl)c3)CC2([2H])[2H])nc1. The number of alkyl halides is 1. The Morgan fingerprint density at radius 2 is 2.04 bits per heavy atom. The molecule has 0 unspecified atom stereocenters. The Kier molecular flexibility index (Phi) is 3.58. The van der Waals surface area contributed by atoms with Gasteiger partial charge < -0.3 is 4.90 Å². The normalized spacial score (nSPS) is 26.6. The maximum absolute atomic E-state index is 16.5. The summed E-state index contributed by atoms with van der Waals surface area (Å²) < 4.78 is 112. The minimum Gasteiger partial charge on any atom is -0.338 e. The van der Waals surface area contributed by atoms with Gasteiger partial charge in [-0.3, -0.25) is 4.79 Å². The van der Waals surface area contributed by atoms with Crippen LogP contribution in [0.1, 0.15) is 67.9 Å². The van der Waals surface area contributed by atoms with Crippen LogP contribution in [0.2, 0.25) is 5.02 Å². The molecular formula is C21H24ClF2N3O. The van der Waals surface area contributed by atoms with E-state index < -0.39 is 79.6 Å². The van der Waals surface area contributed by atoms with E-state index in [1.807, 2.05) is 0 Å². The van der Waals surface area contributed by atoms with Crippen molar-refractivity contribution in [2.45, 2.75) is 50.9 Å². The minimum atomic E-state index is -3.95. The molecule has 0 radical (unpaired) electrons. The molecule has 1 fully saturated rings. The van der Waals surface area contributed by atoms with E-state index >= 15 is 4.39 Å². The second-order valence-corrected chi connectivity index (χ2v) is 6.29. The van der Waals surface area contributed by atoms with Gasteiger partial charge in [0.15, 0.2) is 0 Å². The third kappa shape index (κ3) is 5.04. The van der Waals surface area contributed by atoms with Gasteiger partial charge >= 0.3 is 0 Å². The average molecular weight is 418 g/mol. The predicted octanol–water partition coefficient (Wildman–Crippen LogP) is 4.80. The number of hydrogen-bond donors (Lipinski definition) is 0. The number of aryl methyl sites for hydroxylation is 2. The van der Waals surface area contributed by atoms with Crippen molar-refractivity contribution < 1.29 is 27.3 Å². The molecule has 1 aliphatic heterocycles. The molecule has 7 heteroatoms. The van der Waals surface area contributed by atoms with Gasteiger partial charge in [0.1, 0.15) is 17.3 Å². The number of aromatic nitrogens is 2. The van der Waals surface area contributed by atoms with Gasteiger partial charge in [-0.2, -0.15) is 0 Å². The monoisotopic (exact) mass is 417 g/mol. The summed E-state index contributed by atoms with van der Waals surface area (Å²) in [5.74, 6) is -2.44. The van der Waals surface area contributed by atoms with Crippen LogP contribution >= 0.6 is 11.6 Å². The second kappa shape index (κ2) is 8.95. The fourth-order valence-electron chi connectivity index (χ4n) is 2.40. The van der Waals surface area contributed by atoms with Gasteiger partial charge in [0.05, 0.1) is 5.02 Å². The summed E-state index contributed by atoms with van der Waals surface area (Å²) in [6.07, 6.45) is -14.3. The van der Waals surface area contributed by atoms with E-state index in [0.717, 1.165) is 30.6 Å². The molecule has 4 nitrogen and oxygen atoms in total. The quantitative estimate of drug-likeness (QED) is 0.678. The van der Waals surface area contributed by atoms with Gasteiger partial charge in [0, 0.05) is 51.1 Å². The van der Waals surface area contributed by atoms with Gasteiger partial charge in [-0.05, 0) is 55.7 Å². The molecule has 28 heavy (non-hydrogen) atoms. The first kappa shape index (κ1) is 11.2. The van der Waals surface area contributed by atoms with E-state index in [4.69, 9.17) is 25.3 Å². The van der Waals surface area contributed by atoms with E-state index in [2.05, 4.69) is 9.97 Å². The molecule has 0 spiro atoms. The smallest absolute Gasteiger partial charge is 0.253 e. The number of amides is 1. The van der Waals surface area contributed by atoms with Crippen LogP contribution in [0.15, 0.2) is 30.6 Å². The maximum atomic E-state index is 16.5. The molecule has 1 aromatic heterocycles. The van der Waals surface area contributed by atoms with Crippen molar-refractivity contribution >= 4 is 17.5 Å². The lowest BCUT2D eigenvalue weighted by atomic mass is 9.88. The molecule has 0 N–H and O–H groups in total. The summed E-state index contributed by atoms with van der Waals surface area (Å²) in [7, 11) is 0. The summed E-state index contributed by atoms with van der Waals surface area (Å²) in [5, 5.41) is -0.414. The van der Waals surface area contributed by atoms with E-state index in [-0.39, 0.29) is 11.1 Å². The van der Waals surface area contributed by atoms with Crippen molar-refractivity contribution in [3.8, 4) is 0 Å². The zero-order valence-corrected chi connectivity index (χ0v) is 15.6. The van der Waals surface area contributed by atoms with Crippen LogP contribution in [0.3, 0.4) is 0 Å². The van der Waals surface area contributed by atoms with Gasteiger partial charge in [0.25, 0.3) is 5.91 Å². The Labute approximate surface area is 183 Å². The molecule has 1 aliphatic rings. The summed E-state index contributed by atoms with van der Waals surface area (Å²) in [6.45, 7) is -0.955. The topological polar surface area (TPSA) is 46.1 Å². The third-order valence-corrected chi connectivity index (χ3v) is 4.29. The zero-order valence-electron chi connectivity index (χ0n) is 24.9. The highest BCUT2D eigenvalue weighted by Gasteiger charge is 2.35. The molecule has 2 aromatic rings. The standard InChI is InChI=1S/C21H24ClF2N3O/c1-2-15-13-25-19(26-14-15)4-3-7-21(24)8-10-27(11-9-21)20(28)16-5-6-18(23)17(22)12-16/h5-6,12-14H,2-4,7-11H2,1H3/i2D2,4D2,7D2,8D2,9D2. The van der Waals surface area contributed by atoms with Crippen molar-refractivity contribution in [2.24, 2.45) is 0 Å². The van der Waals surface area contributed by atoms with Crippen LogP contribution in [0.4, 0.5) is 8.78 Å². The molecule has 0 aliphatic carbocycles. The number of piperidine rings is 1. The lowest BCUT2D eigenvalue weighted by Crippen LogP contribution is -2.44. The molecule has 1 saturated heterocycles. The Morgan fingerprint density at radius 1 is 1.36 bits per heavy atom. The van der Waals surface area contributed by atoms with E-state index in [0.29, 0.717) is 4.90 Å². The number of carbonyl (C=O) groups excluding carboxylic acids is 1. The molecule has 1 amide bonds. The largest absolute Gasteiger partial charge is 0.338 e. The summed E-state index contributed by atoms with van der Waals surface area (Å²) in [5.41, 5.74) is -4.15. The van der Waals surface area contributed by atoms with Crippen LogP contribution in [0.25, 0.3) is 0 Å². The number of benzene rings is 1. The number of carbonyl (C=O) groups is 1. The first-order chi connectivity index (χ1) is 17.1. The Balaban J connectivity index is 1.93. The first-order valence-corrected chi connectivity index (χ1v) is 8.70. The van der Waals surface area contributed by atoms with Gasteiger partial charge in [-0.1, -0.05) is 18.5 Å². The lowest BCUT2D eigenvalue weighted by Gasteiger charge is -2.36. The molecule has 3 rings (SSSR count). The molecule has 0 bridgehead atoms. The Morgan fingerprint density at radius 3 is 2.64 bits per heavy atom.